The molecular formula is C14H10F3NO3. The highest BCUT2D eigenvalue weighted by Gasteiger charge is 2.31. The van der Waals surface area contributed by atoms with E-state index in [2.05, 4.69) is 9.72 Å². The third-order valence-electron chi connectivity index (χ3n) is 2.74. The van der Waals surface area contributed by atoms with Crippen molar-refractivity contribution in [3.05, 3.63) is 47.8 Å². The van der Waals surface area contributed by atoms with Crippen LogP contribution in [0.25, 0.3) is 11.1 Å². The Balaban J connectivity index is 2.56. The highest BCUT2D eigenvalue weighted by atomic mass is 19.4. The van der Waals surface area contributed by atoms with Crippen LogP contribution in [0.5, 0.6) is 5.75 Å². The van der Waals surface area contributed by atoms with Gasteiger partial charge < -0.3 is 9.84 Å². The van der Waals surface area contributed by atoms with Gasteiger partial charge in [-0.05, 0) is 42.3 Å². The second-order valence-corrected chi connectivity index (χ2v) is 4.29. The van der Waals surface area contributed by atoms with Gasteiger partial charge in [-0.2, -0.15) is 0 Å². The summed E-state index contributed by atoms with van der Waals surface area (Å²) in [5.41, 5.74) is 1.29. The average molecular weight is 297 g/mol. The quantitative estimate of drug-likeness (QED) is 0.939. The summed E-state index contributed by atoms with van der Waals surface area (Å²) in [5.74, 6) is -1.92. The molecule has 0 fully saturated rings. The first kappa shape index (κ1) is 14.8. The van der Waals surface area contributed by atoms with Crippen molar-refractivity contribution in [1.29, 1.82) is 0 Å². The third-order valence-corrected chi connectivity index (χ3v) is 2.74. The summed E-state index contributed by atoms with van der Waals surface area (Å²) in [7, 11) is 0. The van der Waals surface area contributed by atoms with E-state index in [1.165, 1.54) is 18.5 Å². The molecule has 4 nitrogen and oxygen atoms in total. The van der Waals surface area contributed by atoms with Gasteiger partial charge in [0.1, 0.15) is 5.75 Å². The van der Waals surface area contributed by atoms with E-state index in [0.717, 1.165) is 17.7 Å². The number of aromatic nitrogens is 1. The number of carbonyl (C=O) groups is 1. The van der Waals surface area contributed by atoms with E-state index in [0.29, 0.717) is 11.1 Å². The number of nitrogens with zero attached hydrogens (tertiary/aromatic N) is 1. The first-order valence-corrected chi connectivity index (χ1v) is 5.81. The molecule has 0 spiro atoms. The molecule has 0 radical (unpaired) electrons. The Labute approximate surface area is 117 Å². The molecule has 0 saturated heterocycles. The lowest BCUT2D eigenvalue weighted by Gasteiger charge is -2.12. The lowest BCUT2D eigenvalue weighted by atomic mass is 10.0. The molecular weight excluding hydrogens is 287 g/mol. The van der Waals surface area contributed by atoms with Crippen molar-refractivity contribution in [3.63, 3.8) is 0 Å². The second kappa shape index (κ2) is 5.43. The van der Waals surface area contributed by atoms with Crippen LogP contribution in [0.15, 0.2) is 36.7 Å². The molecule has 2 rings (SSSR count). The Hall–Kier alpha value is -2.57. The molecule has 1 aromatic heterocycles. The van der Waals surface area contributed by atoms with Gasteiger partial charge in [0.25, 0.3) is 0 Å². The zero-order valence-corrected chi connectivity index (χ0v) is 10.8. The third kappa shape index (κ3) is 3.71. The summed E-state index contributed by atoms with van der Waals surface area (Å²) in [6.07, 6.45) is -1.90. The van der Waals surface area contributed by atoms with Gasteiger partial charge in [-0.1, -0.05) is 0 Å². The normalized spacial score (nSPS) is 11.2. The van der Waals surface area contributed by atoms with Crippen LogP contribution < -0.4 is 4.74 Å². The predicted octanol–water partition coefficient (Wildman–Crippen LogP) is 3.65. The molecule has 0 amide bonds. The van der Waals surface area contributed by atoms with E-state index < -0.39 is 18.1 Å². The van der Waals surface area contributed by atoms with Crippen LogP contribution in [-0.2, 0) is 0 Å². The summed E-state index contributed by atoms with van der Waals surface area (Å²) in [6.45, 7) is 1.74. The molecule has 7 heteroatoms. The minimum atomic E-state index is -4.89. The summed E-state index contributed by atoms with van der Waals surface area (Å²) < 4.78 is 40.7. The zero-order valence-electron chi connectivity index (χ0n) is 10.8. The Kier molecular flexibility index (Phi) is 3.84. The largest absolute Gasteiger partial charge is 0.573 e. The van der Waals surface area contributed by atoms with Gasteiger partial charge in [0.2, 0.25) is 0 Å². The molecule has 0 aliphatic rings. The van der Waals surface area contributed by atoms with Crippen molar-refractivity contribution >= 4 is 5.97 Å². The first-order chi connectivity index (χ1) is 9.76. The van der Waals surface area contributed by atoms with Crippen molar-refractivity contribution in [2.45, 2.75) is 13.3 Å². The van der Waals surface area contributed by atoms with Gasteiger partial charge in [0.05, 0.1) is 5.56 Å². The van der Waals surface area contributed by atoms with Crippen molar-refractivity contribution in [2.24, 2.45) is 0 Å². The number of pyridine rings is 1. The predicted molar refractivity (Wildman–Crippen MR) is 68.1 cm³/mol. The number of carboxylic acid groups (broad SMARTS) is 1. The van der Waals surface area contributed by atoms with E-state index in [1.54, 1.807) is 13.0 Å². The van der Waals surface area contributed by atoms with Gasteiger partial charge in [0, 0.05) is 18.0 Å². The summed E-state index contributed by atoms with van der Waals surface area (Å²) in [6, 6.07) is 4.90. The molecule has 0 bridgehead atoms. The van der Waals surface area contributed by atoms with Crippen molar-refractivity contribution in [2.75, 3.05) is 0 Å². The van der Waals surface area contributed by atoms with Crippen LogP contribution in [-0.4, -0.2) is 22.4 Å². The number of benzene rings is 1. The number of halogens is 3. The highest BCUT2D eigenvalue weighted by molar-refractivity contribution is 5.90. The zero-order chi connectivity index (χ0) is 15.6. The number of hydrogen-bond donors (Lipinski definition) is 1. The number of aromatic carboxylic acids is 1. The molecule has 0 atom stereocenters. The van der Waals surface area contributed by atoms with Crippen LogP contribution in [0.1, 0.15) is 15.9 Å². The molecule has 110 valence electrons. The minimum Gasteiger partial charge on any atom is -0.478 e. The molecule has 1 aromatic carbocycles. The second-order valence-electron chi connectivity index (χ2n) is 4.29. The summed E-state index contributed by atoms with van der Waals surface area (Å²) in [4.78, 5) is 14.9. The Morgan fingerprint density at radius 1 is 1.29 bits per heavy atom. The molecule has 2 aromatic rings. The van der Waals surface area contributed by atoms with Gasteiger partial charge in [-0.3, -0.25) is 4.98 Å². The van der Waals surface area contributed by atoms with Crippen LogP contribution in [0, 0.1) is 6.92 Å². The van der Waals surface area contributed by atoms with Gasteiger partial charge >= 0.3 is 12.3 Å². The molecule has 1 heterocycles. The van der Waals surface area contributed by atoms with Crippen LogP contribution >= 0.6 is 0 Å². The van der Waals surface area contributed by atoms with E-state index in [9.17, 15) is 18.0 Å². The van der Waals surface area contributed by atoms with E-state index in [-0.39, 0.29) is 5.56 Å². The van der Waals surface area contributed by atoms with Gasteiger partial charge in [0.15, 0.2) is 0 Å². The fourth-order valence-corrected chi connectivity index (χ4v) is 1.84. The van der Waals surface area contributed by atoms with Crippen molar-refractivity contribution < 1.29 is 27.8 Å². The number of alkyl halides is 3. The van der Waals surface area contributed by atoms with Crippen LogP contribution in [0.2, 0.25) is 0 Å². The number of ether oxygens (including phenoxy) is 1. The fourth-order valence-electron chi connectivity index (χ4n) is 1.84. The Morgan fingerprint density at radius 2 is 2.00 bits per heavy atom. The van der Waals surface area contributed by atoms with Crippen LogP contribution in [0.3, 0.4) is 0 Å². The Bertz CT molecular complexity index is 683. The number of hydrogen-bond acceptors (Lipinski definition) is 3. The van der Waals surface area contributed by atoms with E-state index in [4.69, 9.17) is 5.11 Å². The molecule has 1 N–H and O–H groups in total. The average Bonchev–Trinajstić information content (AvgIpc) is 2.36. The number of rotatable bonds is 3. The maximum Gasteiger partial charge on any atom is 0.573 e. The smallest absolute Gasteiger partial charge is 0.478 e. The monoisotopic (exact) mass is 297 g/mol. The molecule has 0 aliphatic carbocycles. The fraction of sp³-hybridized carbons (Fsp3) is 0.143. The minimum absolute atomic E-state index is 0.291. The maximum absolute atomic E-state index is 12.3. The lowest BCUT2D eigenvalue weighted by molar-refractivity contribution is -0.274. The maximum atomic E-state index is 12.3. The van der Waals surface area contributed by atoms with Crippen molar-refractivity contribution in [3.8, 4) is 16.9 Å². The van der Waals surface area contributed by atoms with E-state index in [1.807, 2.05) is 0 Å². The highest BCUT2D eigenvalue weighted by Crippen LogP contribution is 2.31. The van der Waals surface area contributed by atoms with Gasteiger partial charge in [-0.25, -0.2) is 4.79 Å². The molecule has 0 aliphatic heterocycles. The Morgan fingerprint density at radius 3 is 2.57 bits per heavy atom. The standard InChI is InChI=1S/C14H10F3NO3/c1-8-2-3-18-7-12(8)9-4-10(13(19)20)6-11(5-9)21-14(15,16)17/h2-7H,1H3,(H,19,20). The van der Waals surface area contributed by atoms with Crippen LogP contribution in [0.4, 0.5) is 13.2 Å². The SMILES string of the molecule is Cc1ccncc1-c1cc(OC(F)(F)F)cc(C(=O)O)c1. The number of carboxylic acids is 1. The number of aryl methyl sites for hydroxylation is 1. The molecule has 0 saturated carbocycles. The summed E-state index contributed by atoms with van der Waals surface area (Å²) in [5, 5.41) is 9.00. The van der Waals surface area contributed by atoms with E-state index >= 15 is 0 Å². The topological polar surface area (TPSA) is 59.4 Å². The van der Waals surface area contributed by atoms with Crippen molar-refractivity contribution in [1.82, 2.24) is 4.98 Å². The first-order valence-electron chi connectivity index (χ1n) is 5.81. The lowest BCUT2D eigenvalue weighted by Crippen LogP contribution is -2.17. The molecule has 21 heavy (non-hydrogen) atoms. The molecule has 0 unspecified atom stereocenters. The van der Waals surface area contributed by atoms with Gasteiger partial charge in [-0.15, -0.1) is 13.2 Å². The summed E-state index contributed by atoms with van der Waals surface area (Å²) >= 11 is 0.